The molecule has 0 aliphatic carbocycles. The first-order valence-corrected chi connectivity index (χ1v) is 10.6. The van der Waals surface area contributed by atoms with Gasteiger partial charge in [0.2, 0.25) is 0 Å². The largest absolute Gasteiger partial charge is 0.394 e. The van der Waals surface area contributed by atoms with Gasteiger partial charge in [-0.1, -0.05) is 0 Å². The minimum absolute atomic E-state index is 0.741. The second-order valence-corrected chi connectivity index (χ2v) is 8.33. The molecule has 15 atom stereocenters. The van der Waals surface area contributed by atoms with Crippen LogP contribution in [0.4, 0.5) is 0 Å². The maximum absolute atomic E-state index is 10.6. The number of hydrogen-bond donors (Lipinski definition) is 11. The van der Waals surface area contributed by atoms with Crippen LogP contribution in [-0.2, 0) is 23.7 Å². The normalized spacial score (nSPS) is 52.5. The minimum atomic E-state index is -1.91. The highest BCUT2D eigenvalue weighted by Gasteiger charge is 2.53. The van der Waals surface area contributed by atoms with E-state index in [9.17, 15) is 56.2 Å². The lowest BCUT2D eigenvalue weighted by Crippen LogP contribution is -2.66. The molecule has 0 aromatic heterocycles. The molecule has 0 unspecified atom stereocenters. The Hall–Kier alpha value is -0.640. The van der Waals surface area contributed by atoms with Gasteiger partial charge in [-0.15, -0.1) is 0 Å². The molecule has 3 rings (SSSR count). The lowest BCUT2D eigenvalue weighted by molar-refractivity contribution is -0.377. The third-order valence-corrected chi connectivity index (χ3v) is 6.09. The Bertz CT molecular complexity index is 635. The van der Waals surface area contributed by atoms with Crippen LogP contribution in [0.1, 0.15) is 0 Å². The maximum atomic E-state index is 10.6. The van der Waals surface area contributed by atoms with Crippen LogP contribution in [0.15, 0.2) is 0 Å². The smallest absolute Gasteiger partial charge is 0.187 e. The highest BCUT2D eigenvalue weighted by atomic mass is 16.8. The zero-order chi connectivity index (χ0) is 25.3. The van der Waals surface area contributed by atoms with Gasteiger partial charge < -0.3 is 79.9 Å². The predicted molar refractivity (Wildman–Crippen MR) is 101 cm³/mol. The van der Waals surface area contributed by atoms with Gasteiger partial charge in [-0.3, -0.25) is 0 Å². The van der Waals surface area contributed by atoms with Gasteiger partial charge in [-0.25, -0.2) is 0 Å². The second-order valence-electron chi connectivity index (χ2n) is 8.33. The Morgan fingerprint density at radius 3 is 1.35 bits per heavy atom. The van der Waals surface area contributed by atoms with Crippen LogP contribution in [0, 0.1) is 0 Å². The Labute approximate surface area is 192 Å². The summed E-state index contributed by atoms with van der Waals surface area (Å²) in [6.45, 7) is -2.32. The van der Waals surface area contributed by atoms with Crippen LogP contribution in [0.3, 0.4) is 0 Å². The molecule has 0 radical (unpaired) electrons. The van der Waals surface area contributed by atoms with E-state index in [1.165, 1.54) is 0 Å². The number of aliphatic hydroxyl groups is 11. The number of rotatable bonds is 7. The van der Waals surface area contributed by atoms with Gasteiger partial charge in [0.15, 0.2) is 18.9 Å². The van der Waals surface area contributed by atoms with Crippen molar-refractivity contribution < 1.29 is 79.9 Å². The van der Waals surface area contributed by atoms with Crippen LogP contribution in [-0.4, -0.2) is 168 Å². The molecule has 3 aliphatic heterocycles. The zero-order valence-electron chi connectivity index (χ0n) is 17.7. The van der Waals surface area contributed by atoms with Crippen LogP contribution in [0.5, 0.6) is 0 Å². The lowest BCUT2D eigenvalue weighted by atomic mass is 9.96. The molecule has 3 aliphatic rings. The van der Waals surface area contributed by atoms with Gasteiger partial charge in [-0.05, 0) is 0 Å². The quantitative estimate of drug-likeness (QED) is 0.154. The summed E-state index contributed by atoms with van der Waals surface area (Å²) in [5.74, 6) is 0. The van der Waals surface area contributed by atoms with E-state index in [-0.39, 0.29) is 0 Å². The summed E-state index contributed by atoms with van der Waals surface area (Å²) < 4.78 is 26.4. The van der Waals surface area contributed by atoms with E-state index in [2.05, 4.69) is 0 Å². The summed E-state index contributed by atoms with van der Waals surface area (Å²) in [7, 11) is 0. The molecule has 0 aromatic carbocycles. The molecule has 16 nitrogen and oxygen atoms in total. The Morgan fingerprint density at radius 1 is 0.441 bits per heavy atom. The van der Waals surface area contributed by atoms with Crippen molar-refractivity contribution in [2.75, 3.05) is 19.8 Å². The fourth-order valence-electron chi connectivity index (χ4n) is 4.06. The van der Waals surface area contributed by atoms with Crippen molar-refractivity contribution in [1.82, 2.24) is 0 Å². The van der Waals surface area contributed by atoms with Crippen LogP contribution < -0.4 is 0 Å². The number of hydrogen-bond acceptors (Lipinski definition) is 16. The zero-order valence-corrected chi connectivity index (χ0v) is 17.7. The Kier molecular flexibility index (Phi) is 9.54. The fraction of sp³-hybridized carbons (Fsp3) is 1.00. The highest BCUT2D eigenvalue weighted by molar-refractivity contribution is 4.96. The molecule has 0 bridgehead atoms. The molecule has 3 fully saturated rings. The average molecular weight is 504 g/mol. The molecule has 0 amide bonds. The molecule has 16 heteroatoms. The standard InChI is InChI=1S/C18H32O16/c19-1-4-7(22)8(23)12(27)17(31-4)34-15-6(3-21)32-18(13(28)10(15)25)33-14-5(2-20)30-16(29)11(26)9(14)24/h4-29H,1-3H2/t4-,5-,6-,7+,8+,9-,10-,11-,12-,13-,14-,15+,16-,17-,18-/m1/s1. The van der Waals surface area contributed by atoms with E-state index < -0.39 is 112 Å². The van der Waals surface area contributed by atoms with Gasteiger partial charge in [0, 0.05) is 0 Å². The molecule has 3 saturated heterocycles. The first kappa shape index (κ1) is 27.9. The molecular weight excluding hydrogens is 472 g/mol. The van der Waals surface area contributed by atoms with Crippen molar-refractivity contribution in [1.29, 1.82) is 0 Å². The molecule has 3 heterocycles. The van der Waals surface area contributed by atoms with Crippen LogP contribution in [0.2, 0.25) is 0 Å². The summed E-state index contributed by atoms with van der Waals surface area (Å²) in [5, 5.41) is 109. The van der Waals surface area contributed by atoms with Crippen molar-refractivity contribution >= 4 is 0 Å². The SMILES string of the molecule is OC[C@H]1O[C@H](O[C@@H]2[C@H](O)[C@@H](O)[C@@H](O[C@H]3[C@H](O)[C@@H](O)[C@H](O)O[C@@H]3CO)O[C@@H]2CO)[C@H](O)[C@@H](O)[C@H]1O. The van der Waals surface area contributed by atoms with Crippen molar-refractivity contribution in [3.63, 3.8) is 0 Å². The van der Waals surface area contributed by atoms with E-state index in [0.29, 0.717) is 0 Å². The van der Waals surface area contributed by atoms with Crippen LogP contribution in [0.25, 0.3) is 0 Å². The predicted octanol–water partition coefficient (Wildman–Crippen LogP) is -7.57. The van der Waals surface area contributed by atoms with Gasteiger partial charge in [0.1, 0.15) is 73.2 Å². The van der Waals surface area contributed by atoms with Crippen molar-refractivity contribution in [3.05, 3.63) is 0 Å². The third kappa shape index (κ3) is 5.37. The van der Waals surface area contributed by atoms with Gasteiger partial charge in [0.05, 0.1) is 19.8 Å². The summed E-state index contributed by atoms with van der Waals surface area (Å²) in [6, 6.07) is 0. The van der Waals surface area contributed by atoms with Crippen molar-refractivity contribution in [2.45, 2.75) is 92.1 Å². The second kappa shape index (κ2) is 11.6. The third-order valence-electron chi connectivity index (χ3n) is 6.09. The average Bonchev–Trinajstić information content (AvgIpc) is 2.83. The summed E-state index contributed by atoms with van der Waals surface area (Å²) >= 11 is 0. The number of aliphatic hydroxyl groups excluding tert-OH is 11. The van der Waals surface area contributed by atoms with E-state index >= 15 is 0 Å². The molecule has 11 N–H and O–H groups in total. The van der Waals surface area contributed by atoms with Gasteiger partial charge in [0.25, 0.3) is 0 Å². The van der Waals surface area contributed by atoms with Crippen molar-refractivity contribution in [3.8, 4) is 0 Å². The van der Waals surface area contributed by atoms with Gasteiger partial charge >= 0.3 is 0 Å². The number of ether oxygens (including phenoxy) is 5. The van der Waals surface area contributed by atoms with Crippen LogP contribution >= 0.6 is 0 Å². The van der Waals surface area contributed by atoms with E-state index in [1.807, 2.05) is 0 Å². The van der Waals surface area contributed by atoms with E-state index in [4.69, 9.17) is 23.7 Å². The summed E-state index contributed by atoms with van der Waals surface area (Å²) in [4.78, 5) is 0. The summed E-state index contributed by atoms with van der Waals surface area (Å²) in [6.07, 6.45) is -25.1. The van der Waals surface area contributed by atoms with Crippen molar-refractivity contribution in [2.24, 2.45) is 0 Å². The van der Waals surface area contributed by atoms with Gasteiger partial charge in [-0.2, -0.15) is 0 Å². The topological polar surface area (TPSA) is 269 Å². The summed E-state index contributed by atoms with van der Waals surface area (Å²) in [5.41, 5.74) is 0. The minimum Gasteiger partial charge on any atom is -0.394 e. The van der Waals surface area contributed by atoms with E-state index in [1.54, 1.807) is 0 Å². The molecular formula is C18H32O16. The van der Waals surface area contributed by atoms with E-state index in [0.717, 1.165) is 0 Å². The molecule has 34 heavy (non-hydrogen) atoms. The Balaban J connectivity index is 1.72. The first-order valence-electron chi connectivity index (χ1n) is 10.6. The fourth-order valence-corrected chi connectivity index (χ4v) is 4.06. The molecule has 0 aromatic rings. The first-order chi connectivity index (χ1) is 16.0. The Morgan fingerprint density at radius 2 is 0.853 bits per heavy atom. The maximum Gasteiger partial charge on any atom is 0.187 e. The molecule has 0 spiro atoms. The monoisotopic (exact) mass is 504 g/mol. The molecule has 0 saturated carbocycles. The lowest BCUT2D eigenvalue weighted by Gasteiger charge is -2.47. The highest BCUT2D eigenvalue weighted by Crippen LogP contribution is 2.32. The molecule has 200 valence electrons.